The van der Waals surface area contributed by atoms with Crippen LogP contribution in [-0.4, -0.2) is 36.7 Å². The molecule has 1 aromatic heterocycles. The number of hydrogen-bond acceptors (Lipinski definition) is 7. The predicted octanol–water partition coefficient (Wildman–Crippen LogP) is 3.04. The fraction of sp³-hybridized carbons (Fsp3) is 0.353. The molecule has 1 atom stereocenters. The lowest BCUT2D eigenvalue weighted by atomic mass is 10.3. The van der Waals surface area contributed by atoms with Crippen molar-refractivity contribution in [3.05, 3.63) is 34.8 Å². The Hall–Kier alpha value is -2.61. The number of esters is 1. The molecular weight excluding hydrogens is 344 g/mol. The monoisotopic (exact) mass is 364 g/mol. The van der Waals surface area contributed by atoms with Gasteiger partial charge in [0.2, 0.25) is 0 Å². The van der Waals surface area contributed by atoms with Crippen LogP contribution >= 0.6 is 11.3 Å². The van der Waals surface area contributed by atoms with Gasteiger partial charge in [0.15, 0.2) is 22.7 Å². The molecule has 2 rings (SSSR count). The van der Waals surface area contributed by atoms with Gasteiger partial charge >= 0.3 is 5.97 Å². The molecule has 0 saturated heterocycles. The van der Waals surface area contributed by atoms with Crippen LogP contribution in [0.15, 0.2) is 24.3 Å². The Balaban J connectivity index is 2.04. The number of aryl methyl sites for hydroxylation is 1. The third-order valence-corrected chi connectivity index (χ3v) is 4.28. The molecule has 0 aliphatic heterocycles. The summed E-state index contributed by atoms with van der Waals surface area (Å²) in [7, 11) is 1.53. The van der Waals surface area contributed by atoms with Gasteiger partial charge in [-0.15, -0.1) is 0 Å². The number of nitrogens with one attached hydrogen (secondary N) is 1. The molecule has 0 saturated carbocycles. The first-order valence-electron chi connectivity index (χ1n) is 7.71. The van der Waals surface area contributed by atoms with Crippen molar-refractivity contribution in [2.75, 3.05) is 19.0 Å². The quantitative estimate of drug-likeness (QED) is 0.760. The van der Waals surface area contributed by atoms with Crippen molar-refractivity contribution in [3.63, 3.8) is 0 Å². The Morgan fingerprint density at radius 3 is 2.60 bits per heavy atom. The highest BCUT2D eigenvalue weighted by Crippen LogP contribution is 2.27. The second-order valence-electron chi connectivity index (χ2n) is 5.05. The molecule has 7 nitrogen and oxygen atoms in total. The van der Waals surface area contributed by atoms with E-state index in [0.29, 0.717) is 27.2 Å². The van der Waals surface area contributed by atoms with Crippen LogP contribution in [-0.2, 0) is 9.53 Å². The van der Waals surface area contributed by atoms with Gasteiger partial charge in [-0.05, 0) is 32.9 Å². The van der Waals surface area contributed by atoms with Gasteiger partial charge in [-0.25, -0.2) is 9.78 Å². The zero-order chi connectivity index (χ0) is 18.4. The molecule has 0 spiro atoms. The average Bonchev–Trinajstić information content (AvgIpc) is 2.95. The maximum atomic E-state index is 12.3. The van der Waals surface area contributed by atoms with Crippen LogP contribution in [0, 0.1) is 6.92 Å². The summed E-state index contributed by atoms with van der Waals surface area (Å²) in [5.41, 5.74) is 0.511. The van der Waals surface area contributed by atoms with E-state index in [1.54, 1.807) is 39.0 Å². The lowest BCUT2D eigenvalue weighted by Gasteiger charge is -2.15. The third-order valence-electron chi connectivity index (χ3n) is 3.23. The molecule has 0 unspecified atom stereocenters. The van der Waals surface area contributed by atoms with E-state index in [2.05, 4.69) is 10.3 Å². The summed E-state index contributed by atoms with van der Waals surface area (Å²) in [6.45, 7) is 5.32. The molecule has 0 aliphatic carbocycles. The van der Waals surface area contributed by atoms with Crippen molar-refractivity contribution in [2.24, 2.45) is 0 Å². The Bertz CT molecular complexity index is 759. The minimum Gasteiger partial charge on any atom is -0.493 e. The van der Waals surface area contributed by atoms with Crippen molar-refractivity contribution >= 4 is 28.3 Å². The van der Waals surface area contributed by atoms with E-state index in [9.17, 15) is 9.59 Å². The Morgan fingerprint density at radius 2 is 1.96 bits per heavy atom. The number of carbonyl (C=O) groups is 2. The molecule has 8 heteroatoms. The van der Waals surface area contributed by atoms with Gasteiger partial charge in [-0.3, -0.25) is 10.1 Å². The second-order valence-corrected chi connectivity index (χ2v) is 6.05. The van der Waals surface area contributed by atoms with Crippen molar-refractivity contribution in [1.29, 1.82) is 0 Å². The first kappa shape index (κ1) is 18.7. The molecule has 1 amide bonds. The van der Waals surface area contributed by atoms with Gasteiger partial charge < -0.3 is 14.2 Å². The van der Waals surface area contributed by atoms with Gasteiger partial charge in [0.05, 0.1) is 19.4 Å². The highest BCUT2D eigenvalue weighted by atomic mass is 32.1. The minimum absolute atomic E-state index is 0.279. The zero-order valence-corrected chi connectivity index (χ0v) is 15.3. The molecule has 0 fully saturated rings. The Kier molecular flexibility index (Phi) is 6.35. The molecule has 2 aromatic rings. The number of hydrogen-bond donors (Lipinski definition) is 1. The van der Waals surface area contributed by atoms with E-state index >= 15 is 0 Å². The Labute approximate surface area is 149 Å². The normalized spacial score (nSPS) is 11.5. The summed E-state index contributed by atoms with van der Waals surface area (Å²) in [6, 6.07) is 7.06. The standard InChI is InChI=1S/C17H20N2O5S/c1-5-23-16(21)14-10(2)18-17(25-14)19-15(20)11(3)24-13-9-7-6-8-12(13)22-4/h6-9,11H,5H2,1-4H3,(H,18,19,20)/t11-/m0/s1. The topological polar surface area (TPSA) is 86.8 Å². The molecular formula is C17H20N2O5S. The summed E-state index contributed by atoms with van der Waals surface area (Å²) in [4.78, 5) is 28.7. The SMILES string of the molecule is CCOC(=O)c1sc(NC(=O)[C@H](C)Oc2ccccc2OC)nc1C. The number of para-hydroxylation sites is 2. The molecule has 1 N–H and O–H groups in total. The van der Waals surface area contributed by atoms with Gasteiger partial charge in [-0.2, -0.15) is 0 Å². The van der Waals surface area contributed by atoms with E-state index in [1.165, 1.54) is 7.11 Å². The molecule has 25 heavy (non-hydrogen) atoms. The van der Waals surface area contributed by atoms with Gasteiger partial charge in [0, 0.05) is 0 Å². The highest BCUT2D eigenvalue weighted by molar-refractivity contribution is 7.17. The molecule has 1 aromatic carbocycles. The number of nitrogens with zero attached hydrogens (tertiary/aromatic N) is 1. The van der Waals surface area contributed by atoms with E-state index < -0.39 is 12.1 Å². The zero-order valence-electron chi connectivity index (χ0n) is 14.5. The number of benzene rings is 1. The first-order chi connectivity index (χ1) is 12.0. The van der Waals surface area contributed by atoms with Crippen LogP contribution in [0.4, 0.5) is 5.13 Å². The Morgan fingerprint density at radius 1 is 1.28 bits per heavy atom. The molecule has 0 aliphatic rings. The van der Waals surface area contributed by atoms with Crippen LogP contribution < -0.4 is 14.8 Å². The van der Waals surface area contributed by atoms with E-state index in [1.807, 2.05) is 6.07 Å². The predicted molar refractivity (Wildman–Crippen MR) is 94.5 cm³/mol. The first-order valence-corrected chi connectivity index (χ1v) is 8.53. The molecule has 1 heterocycles. The van der Waals surface area contributed by atoms with Crippen LogP contribution in [0.3, 0.4) is 0 Å². The number of amides is 1. The van der Waals surface area contributed by atoms with Crippen molar-refractivity contribution in [3.8, 4) is 11.5 Å². The summed E-state index contributed by atoms with van der Waals surface area (Å²) in [6.07, 6.45) is -0.772. The van der Waals surface area contributed by atoms with Gasteiger partial charge in [0.25, 0.3) is 5.91 Å². The third kappa shape index (κ3) is 4.69. The van der Waals surface area contributed by atoms with E-state index in [-0.39, 0.29) is 12.5 Å². The summed E-state index contributed by atoms with van der Waals surface area (Å²) in [5, 5.41) is 2.97. The molecule has 0 bridgehead atoms. The van der Waals surface area contributed by atoms with Crippen molar-refractivity contribution in [1.82, 2.24) is 4.98 Å². The lowest BCUT2D eigenvalue weighted by Crippen LogP contribution is -2.30. The molecule has 134 valence electrons. The number of aromatic nitrogens is 1. The smallest absolute Gasteiger partial charge is 0.350 e. The lowest BCUT2D eigenvalue weighted by molar-refractivity contribution is -0.122. The summed E-state index contributed by atoms with van der Waals surface area (Å²) < 4.78 is 15.8. The molecule has 0 radical (unpaired) electrons. The second kappa shape index (κ2) is 8.48. The fourth-order valence-corrected chi connectivity index (χ4v) is 2.87. The summed E-state index contributed by atoms with van der Waals surface area (Å²) in [5.74, 6) is 0.179. The maximum absolute atomic E-state index is 12.3. The number of methoxy groups -OCH3 is 1. The van der Waals surface area contributed by atoms with Crippen molar-refractivity contribution in [2.45, 2.75) is 26.9 Å². The number of rotatable bonds is 7. The van der Waals surface area contributed by atoms with Crippen LogP contribution in [0.1, 0.15) is 29.2 Å². The van der Waals surface area contributed by atoms with Gasteiger partial charge in [0.1, 0.15) is 4.88 Å². The number of thiazole rings is 1. The number of carbonyl (C=O) groups excluding carboxylic acids is 2. The summed E-state index contributed by atoms with van der Waals surface area (Å²) >= 11 is 1.07. The maximum Gasteiger partial charge on any atom is 0.350 e. The minimum atomic E-state index is -0.772. The highest BCUT2D eigenvalue weighted by Gasteiger charge is 2.21. The van der Waals surface area contributed by atoms with Crippen LogP contribution in [0.25, 0.3) is 0 Å². The van der Waals surface area contributed by atoms with Gasteiger partial charge in [-0.1, -0.05) is 23.5 Å². The van der Waals surface area contributed by atoms with E-state index in [0.717, 1.165) is 11.3 Å². The van der Waals surface area contributed by atoms with Crippen molar-refractivity contribution < 1.29 is 23.8 Å². The fourth-order valence-electron chi connectivity index (χ4n) is 2.00. The number of ether oxygens (including phenoxy) is 3. The average molecular weight is 364 g/mol. The van der Waals surface area contributed by atoms with Crippen LogP contribution in [0.5, 0.6) is 11.5 Å². The largest absolute Gasteiger partial charge is 0.493 e. The number of anilines is 1. The van der Waals surface area contributed by atoms with E-state index in [4.69, 9.17) is 14.2 Å². The van der Waals surface area contributed by atoms with Crippen LogP contribution in [0.2, 0.25) is 0 Å².